The minimum absolute atomic E-state index is 0.142. The quantitative estimate of drug-likeness (QED) is 0.553. The van der Waals surface area contributed by atoms with Crippen LogP contribution in [0.2, 0.25) is 0 Å². The summed E-state index contributed by atoms with van der Waals surface area (Å²) < 4.78 is 42.0. The summed E-state index contributed by atoms with van der Waals surface area (Å²) in [4.78, 5) is 11.8. The molecule has 0 bridgehead atoms. The van der Waals surface area contributed by atoms with Gasteiger partial charge in [-0.25, -0.2) is 15.0 Å². The van der Waals surface area contributed by atoms with Crippen LogP contribution in [0, 0.1) is 11.3 Å². The molecule has 0 aliphatic carbocycles. The number of aromatic nitrogens is 5. The van der Waals surface area contributed by atoms with Crippen molar-refractivity contribution in [2.24, 2.45) is 0 Å². The van der Waals surface area contributed by atoms with Crippen LogP contribution in [0.1, 0.15) is 11.4 Å². The van der Waals surface area contributed by atoms with Crippen molar-refractivity contribution in [3.63, 3.8) is 0 Å². The summed E-state index contributed by atoms with van der Waals surface area (Å²) in [7, 11) is 0. The van der Waals surface area contributed by atoms with E-state index in [1.165, 1.54) is 30.9 Å². The SMILES string of the molecule is N#Cc1cnc2ccc(-n3cncc3-c3cccc(C(F)(F)F)n3)cn12. The summed E-state index contributed by atoms with van der Waals surface area (Å²) in [6.07, 6.45) is 1.49. The molecule has 128 valence electrons. The number of imidazole rings is 2. The Morgan fingerprint density at radius 1 is 1.08 bits per heavy atom. The average Bonchev–Trinajstić information content (AvgIpc) is 3.27. The van der Waals surface area contributed by atoms with Crippen LogP contribution in [0.15, 0.2) is 55.2 Å². The molecule has 26 heavy (non-hydrogen) atoms. The second kappa shape index (κ2) is 5.70. The lowest BCUT2D eigenvalue weighted by molar-refractivity contribution is -0.141. The molecule has 4 heterocycles. The van der Waals surface area contributed by atoms with Crippen LogP contribution in [0.4, 0.5) is 13.2 Å². The van der Waals surface area contributed by atoms with E-state index < -0.39 is 11.9 Å². The topological polar surface area (TPSA) is 71.8 Å². The van der Waals surface area contributed by atoms with Crippen LogP contribution in [-0.2, 0) is 6.18 Å². The lowest BCUT2D eigenvalue weighted by Gasteiger charge is -2.11. The van der Waals surface area contributed by atoms with E-state index in [1.807, 2.05) is 6.07 Å². The summed E-state index contributed by atoms with van der Waals surface area (Å²) in [5.41, 5.74) is 1.11. The first kappa shape index (κ1) is 15.8. The van der Waals surface area contributed by atoms with Gasteiger partial charge in [-0.05, 0) is 24.3 Å². The van der Waals surface area contributed by atoms with Gasteiger partial charge < -0.3 is 0 Å². The average molecular weight is 354 g/mol. The van der Waals surface area contributed by atoms with E-state index >= 15 is 0 Å². The van der Waals surface area contributed by atoms with Gasteiger partial charge in [0.2, 0.25) is 0 Å². The van der Waals surface area contributed by atoms with Crippen LogP contribution in [0.3, 0.4) is 0 Å². The fourth-order valence-corrected chi connectivity index (χ4v) is 2.62. The molecule has 0 aliphatic heterocycles. The molecule has 4 aromatic rings. The second-order valence-corrected chi connectivity index (χ2v) is 5.43. The molecular formula is C17H9F3N6. The molecule has 0 saturated heterocycles. The molecule has 6 nitrogen and oxygen atoms in total. The van der Waals surface area contributed by atoms with Gasteiger partial charge in [0.15, 0.2) is 0 Å². The highest BCUT2D eigenvalue weighted by Crippen LogP contribution is 2.30. The predicted octanol–water partition coefficient (Wildman–Crippen LogP) is 3.47. The maximum absolute atomic E-state index is 12.9. The zero-order valence-corrected chi connectivity index (χ0v) is 13.0. The van der Waals surface area contributed by atoms with Gasteiger partial charge in [-0.15, -0.1) is 0 Å². The Kier molecular flexibility index (Phi) is 3.47. The Morgan fingerprint density at radius 2 is 1.92 bits per heavy atom. The fourth-order valence-electron chi connectivity index (χ4n) is 2.62. The smallest absolute Gasteiger partial charge is 0.296 e. The summed E-state index contributed by atoms with van der Waals surface area (Å²) in [5.74, 6) is 0. The van der Waals surface area contributed by atoms with Gasteiger partial charge in [0.1, 0.15) is 23.1 Å². The molecular weight excluding hydrogens is 345 g/mol. The van der Waals surface area contributed by atoms with Crippen LogP contribution < -0.4 is 0 Å². The number of rotatable bonds is 2. The van der Waals surface area contributed by atoms with Crippen molar-refractivity contribution in [3.8, 4) is 23.1 Å². The lowest BCUT2D eigenvalue weighted by Crippen LogP contribution is -2.08. The van der Waals surface area contributed by atoms with Gasteiger partial charge in [0.25, 0.3) is 0 Å². The largest absolute Gasteiger partial charge is 0.433 e. The molecule has 4 rings (SSSR count). The first-order valence-electron chi connectivity index (χ1n) is 7.42. The van der Waals surface area contributed by atoms with Gasteiger partial charge in [-0.3, -0.25) is 8.97 Å². The van der Waals surface area contributed by atoms with Gasteiger partial charge >= 0.3 is 6.18 Å². The molecule has 0 fully saturated rings. The third-order valence-electron chi connectivity index (χ3n) is 3.82. The van der Waals surface area contributed by atoms with Crippen LogP contribution in [-0.4, -0.2) is 23.9 Å². The number of nitrogens with zero attached hydrogens (tertiary/aromatic N) is 6. The Bertz CT molecular complexity index is 1150. The molecule has 0 aliphatic rings. The van der Waals surface area contributed by atoms with E-state index in [-0.39, 0.29) is 5.69 Å². The van der Waals surface area contributed by atoms with Crippen molar-refractivity contribution >= 4 is 5.65 Å². The van der Waals surface area contributed by atoms with Gasteiger partial charge in [-0.1, -0.05) is 6.07 Å². The first-order chi connectivity index (χ1) is 12.5. The predicted molar refractivity (Wildman–Crippen MR) is 85.3 cm³/mol. The molecule has 9 heteroatoms. The number of halogens is 3. The monoisotopic (exact) mass is 354 g/mol. The van der Waals surface area contributed by atoms with Crippen molar-refractivity contribution in [1.29, 1.82) is 5.26 Å². The summed E-state index contributed by atoms with van der Waals surface area (Å²) in [6.45, 7) is 0. The Morgan fingerprint density at radius 3 is 2.69 bits per heavy atom. The maximum Gasteiger partial charge on any atom is 0.433 e. The van der Waals surface area contributed by atoms with Crippen molar-refractivity contribution in [3.05, 3.63) is 66.6 Å². The standard InChI is InChI=1S/C17H9F3N6/c18-17(19,20)15-3-1-2-13(24-15)14-8-22-10-26(14)11-4-5-16-23-7-12(6-21)25(16)9-11/h1-5,7-10H. The van der Waals surface area contributed by atoms with Crippen LogP contribution in [0.5, 0.6) is 0 Å². The van der Waals surface area contributed by atoms with E-state index in [2.05, 4.69) is 15.0 Å². The molecule has 0 spiro atoms. The molecule has 0 amide bonds. The molecule has 0 aromatic carbocycles. The van der Waals surface area contributed by atoms with E-state index in [1.54, 1.807) is 27.3 Å². The number of hydrogen-bond acceptors (Lipinski definition) is 4. The highest BCUT2D eigenvalue weighted by molar-refractivity contribution is 5.59. The van der Waals surface area contributed by atoms with E-state index in [0.717, 1.165) is 6.07 Å². The molecule has 0 saturated carbocycles. The maximum atomic E-state index is 12.9. The van der Waals surface area contributed by atoms with Crippen molar-refractivity contribution < 1.29 is 13.2 Å². The number of pyridine rings is 2. The van der Waals surface area contributed by atoms with Gasteiger partial charge in [-0.2, -0.15) is 18.4 Å². The fraction of sp³-hybridized carbons (Fsp3) is 0.0588. The Labute approximate surface area is 144 Å². The van der Waals surface area contributed by atoms with E-state index in [0.29, 0.717) is 22.7 Å². The zero-order chi connectivity index (χ0) is 18.3. The van der Waals surface area contributed by atoms with Gasteiger partial charge in [0, 0.05) is 6.20 Å². The molecule has 0 radical (unpaired) electrons. The Hall–Kier alpha value is -3.67. The summed E-state index contributed by atoms with van der Waals surface area (Å²) >= 11 is 0. The van der Waals surface area contributed by atoms with Gasteiger partial charge in [0.05, 0.1) is 35.8 Å². The molecule has 4 aromatic heterocycles. The van der Waals surface area contributed by atoms with E-state index in [9.17, 15) is 13.2 Å². The minimum atomic E-state index is -4.53. The molecule has 0 N–H and O–H groups in total. The summed E-state index contributed by atoms with van der Waals surface area (Å²) in [5, 5.41) is 9.14. The van der Waals surface area contributed by atoms with Crippen LogP contribution in [0.25, 0.3) is 22.7 Å². The second-order valence-electron chi connectivity index (χ2n) is 5.43. The van der Waals surface area contributed by atoms with Crippen molar-refractivity contribution in [2.75, 3.05) is 0 Å². The zero-order valence-electron chi connectivity index (χ0n) is 13.0. The number of fused-ring (bicyclic) bond motifs is 1. The lowest BCUT2D eigenvalue weighted by atomic mass is 10.2. The highest BCUT2D eigenvalue weighted by atomic mass is 19.4. The van der Waals surface area contributed by atoms with Crippen molar-refractivity contribution in [2.45, 2.75) is 6.18 Å². The molecule has 0 atom stereocenters. The third kappa shape index (κ3) is 2.57. The summed E-state index contributed by atoms with van der Waals surface area (Å²) in [6, 6.07) is 9.18. The third-order valence-corrected chi connectivity index (χ3v) is 3.82. The minimum Gasteiger partial charge on any atom is -0.296 e. The highest BCUT2D eigenvalue weighted by Gasteiger charge is 2.32. The number of alkyl halides is 3. The van der Waals surface area contributed by atoms with Crippen LogP contribution >= 0.6 is 0 Å². The van der Waals surface area contributed by atoms with Crippen molar-refractivity contribution in [1.82, 2.24) is 23.9 Å². The first-order valence-corrected chi connectivity index (χ1v) is 7.42. The number of hydrogen-bond donors (Lipinski definition) is 0. The van der Waals surface area contributed by atoms with E-state index in [4.69, 9.17) is 5.26 Å². The Balaban J connectivity index is 1.85. The molecule has 0 unspecified atom stereocenters. The number of nitriles is 1. The normalized spacial score (nSPS) is 11.6.